The van der Waals surface area contributed by atoms with Gasteiger partial charge >= 0.3 is 5.69 Å². The van der Waals surface area contributed by atoms with Crippen LogP contribution in [-0.4, -0.2) is 25.8 Å². The lowest BCUT2D eigenvalue weighted by molar-refractivity contribution is 0.431. The Morgan fingerprint density at radius 2 is 2.18 bits per heavy atom. The SMILES string of the molecule is O=c1nc2n(Cc3cnc(Cl)s3)cccc-2c(=O)n1CCF. The Morgan fingerprint density at radius 1 is 1.36 bits per heavy atom. The maximum Gasteiger partial charge on any atom is 0.352 e. The fourth-order valence-electron chi connectivity index (χ4n) is 2.15. The van der Waals surface area contributed by atoms with Crippen LogP contribution in [0.3, 0.4) is 0 Å². The molecule has 0 bridgehead atoms. The highest BCUT2D eigenvalue weighted by Crippen LogP contribution is 2.21. The van der Waals surface area contributed by atoms with Crippen molar-refractivity contribution >= 4 is 22.9 Å². The van der Waals surface area contributed by atoms with Gasteiger partial charge in [-0.2, -0.15) is 4.98 Å². The molecule has 22 heavy (non-hydrogen) atoms. The van der Waals surface area contributed by atoms with E-state index >= 15 is 0 Å². The van der Waals surface area contributed by atoms with Crippen molar-refractivity contribution in [3.8, 4) is 11.4 Å². The number of pyridine rings is 1. The highest BCUT2D eigenvalue weighted by Gasteiger charge is 2.17. The molecule has 2 aliphatic rings. The molecule has 0 atom stereocenters. The summed E-state index contributed by atoms with van der Waals surface area (Å²) in [6, 6.07) is 3.24. The fraction of sp³-hybridized carbons (Fsp3) is 0.231. The maximum atomic E-state index is 12.5. The molecule has 6 nitrogen and oxygen atoms in total. The molecule has 9 heteroatoms. The first-order valence-corrected chi connectivity index (χ1v) is 7.56. The first-order valence-electron chi connectivity index (χ1n) is 6.36. The number of hydrogen-bond acceptors (Lipinski definition) is 5. The highest BCUT2D eigenvalue weighted by molar-refractivity contribution is 7.15. The summed E-state index contributed by atoms with van der Waals surface area (Å²) in [7, 11) is 0. The molecule has 0 saturated heterocycles. The van der Waals surface area contributed by atoms with Gasteiger partial charge in [-0.25, -0.2) is 14.2 Å². The van der Waals surface area contributed by atoms with Gasteiger partial charge in [0.25, 0.3) is 5.56 Å². The molecular weight excluding hydrogens is 331 g/mol. The van der Waals surface area contributed by atoms with Crippen molar-refractivity contribution < 1.29 is 4.39 Å². The summed E-state index contributed by atoms with van der Waals surface area (Å²) in [5.41, 5.74) is -1.02. The van der Waals surface area contributed by atoms with Gasteiger partial charge in [-0.05, 0) is 12.1 Å². The zero-order valence-electron chi connectivity index (χ0n) is 11.2. The van der Waals surface area contributed by atoms with Gasteiger partial charge in [0.05, 0.1) is 18.7 Å². The number of fused-ring (bicyclic) bond motifs is 1. The third-order valence-corrected chi connectivity index (χ3v) is 4.21. The molecule has 1 aromatic heterocycles. The monoisotopic (exact) mass is 340 g/mol. The van der Waals surface area contributed by atoms with Crippen molar-refractivity contribution in [2.24, 2.45) is 0 Å². The van der Waals surface area contributed by atoms with Crippen LogP contribution in [0, 0.1) is 0 Å². The summed E-state index contributed by atoms with van der Waals surface area (Å²) in [5, 5.41) is 0. The second kappa shape index (κ2) is 5.98. The largest absolute Gasteiger partial charge is 0.352 e. The van der Waals surface area contributed by atoms with Crippen molar-refractivity contribution in [3.05, 3.63) is 54.7 Å². The summed E-state index contributed by atoms with van der Waals surface area (Å²) in [6.07, 6.45) is 3.34. The van der Waals surface area contributed by atoms with Gasteiger partial charge in [-0.1, -0.05) is 11.6 Å². The van der Waals surface area contributed by atoms with E-state index in [0.29, 0.717) is 11.0 Å². The Balaban J connectivity index is 2.13. The Kier molecular flexibility index (Phi) is 4.04. The molecule has 0 fully saturated rings. The lowest BCUT2D eigenvalue weighted by Crippen LogP contribution is -2.38. The Hall–Kier alpha value is -2.06. The van der Waals surface area contributed by atoms with E-state index in [9.17, 15) is 14.0 Å². The molecule has 0 spiro atoms. The number of hydrogen-bond donors (Lipinski definition) is 0. The van der Waals surface area contributed by atoms with Gasteiger partial charge in [0, 0.05) is 17.3 Å². The minimum atomic E-state index is -0.797. The van der Waals surface area contributed by atoms with E-state index in [1.165, 1.54) is 11.3 Å². The first kappa shape index (κ1) is 14.9. The standard InChI is InChI=1S/C13H10ClFN4O2S/c14-12-16-6-8(22-12)7-18-4-1-2-9-10(18)17-13(21)19(5-3-15)11(9)20/h1-2,4,6H,3,5,7H2. The van der Waals surface area contributed by atoms with Crippen molar-refractivity contribution in [2.75, 3.05) is 6.67 Å². The zero-order valence-corrected chi connectivity index (χ0v) is 12.8. The molecule has 0 unspecified atom stereocenters. The minimum Gasteiger partial charge on any atom is -0.327 e. The van der Waals surface area contributed by atoms with Crippen molar-refractivity contribution in [1.29, 1.82) is 0 Å². The van der Waals surface area contributed by atoms with Crippen molar-refractivity contribution in [3.63, 3.8) is 0 Å². The van der Waals surface area contributed by atoms with Crippen LogP contribution in [-0.2, 0) is 13.1 Å². The fourth-order valence-corrected chi connectivity index (χ4v) is 3.13. The topological polar surface area (TPSA) is 69.8 Å². The third kappa shape index (κ3) is 2.67. The van der Waals surface area contributed by atoms with Crippen LogP contribution in [0.1, 0.15) is 4.88 Å². The molecule has 0 N–H and O–H groups in total. The summed E-state index contributed by atoms with van der Waals surface area (Å²) in [6.45, 7) is -0.699. The van der Waals surface area contributed by atoms with E-state index in [-0.39, 0.29) is 17.9 Å². The van der Waals surface area contributed by atoms with Crippen molar-refractivity contribution in [2.45, 2.75) is 13.1 Å². The van der Waals surface area contributed by atoms with E-state index in [2.05, 4.69) is 9.97 Å². The second-order valence-corrected chi connectivity index (χ2v) is 6.19. The van der Waals surface area contributed by atoms with Crippen LogP contribution in [0.15, 0.2) is 34.1 Å². The van der Waals surface area contributed by atoms with E-state index in [0.717, 1.165) is 9.44 Å². The Labute approximate surface area is 132 Å². The number of rotatable bonds is 4. The maximum absolute atomic E-state index is 12.5. The molecule has 0 aromatic carbocycles. The van der Waals surface area contributed by atoms with Gasteiger partial charge in [0.1, 0.15) is 6.67 Å². The molecule has 0 aliphatic carbocycles. The van der Waals surface area contributed by atoms with Crippen LogP contribution in [0.25, 0.3) is 11.4 Å². The number of thiazole rings is 1. The summed E-state index contributed by atoms with van der Waals surface area (Å²) >= 11 is 7.10. The molecule has 0 amide bonds. The smallest absolute Gasteiger partial charge is 0.327 e. The predicted molar refractivity (Wildman–Crippen MR) is 81.6 cm³/mol. The zero-order chi connectivity index (χ0) is 15.7. The van der Waals surface area contributed by atoms with E-state index in [1.807, 2.05) is 0 Å². The summed E-state index contributed by atoms with van der Waals surface area (Å²) < 4.78 is 15.3. The van der Waals surface area contributed by atoms with Gasteiger partial charge in [0.15, 0.2) is 10.3 Å². The summed E-state index contributed by atoms with van der Waals surface area (Å²) in [4.78, 5) is 32.9. The van der Waals surface area contributed by atoms with Crippen molar-refractivity contribution in [1.82, 2.24) is 19.1 Å². The van der Waals surface area contributed by atoms with Crippen LogP contribution < -0.4 is 11.2 Å². The Bertz CT molecular complexity index is 904. The highest BCUT2D eigenvalue weighted by atomic mass is 35.5. The lowest BCUT2D eigenvalue weighted by atomic mass is 10.2. The normalized spacial score (nSPS) is 11.2. The molecule has 0 saturated carbocycles. The van der Waals surface area contributed by atoms with Crippen LogP contribution in [0.5, 0.6) is 0 Å². The number of halogens is 2. The lowest BCUT2D eigenvalue weighted by Gasteiger charge is -2.13. The Morgan fingerprint density at radius 3 is 2.86 bits per heavy atom. The number of nitrogens with zero attached hydrogens (tertiary/aromatic N) is 4. The quantitative estimate of drug-likeness (QED) is 0.724. The van der Waals surface area contributed by atoms with Gasteiger partial charge in [0.2, 0.25) is 0 Å². The minimum absolute atomic E-state index is 0.261. The third-order valence-electron chi connectivity index (χ3n) is 3.11. The van der Waals surface area contributed by atoms with E-state index in [4.69, 9.17) is 11.6 Å². The van der Waals surface area contributed by atoms with E-state index < -0.39 is 17.9 Å². The van der Waals surface area contributed by atoms with Crippen LogP contribution in [0.2, 0.25) is 4.47 Å². The molecule has 0 radical (unpaired) electrons. The first-order chi connectivity index (χ1) is 10.6. The number of aromatic nitrogens is 4. The number of alkyl halides is 1. The summed E-state index contributed by atoms with van der Waals surface area (Å²) in [5.74, 6) is 0.261. The molecule has 2 aliphatic heterocycles. The van der Waals surface area contributed by atoms with Gasteiger partial charge in [-0.3, -0.25) is 9.36 Å². The van der Waals surface area contributed by atoms with Gasteiger partial charge < -0.3 is 4.57 Å². The molecule has 3 heterocycles. The molecule has 114 valence electrons. The average Bonchev–Trinajstić information content (AvgIpc) is 2.90. The van der Waals surface area contributed by atoms with Crippen LogP contribution >= 0.6 is 22.9 Å². The average molecular weight is 341 g/mol. The second-order valence-electron chi connectivity index (χ2n) is 4.49. The molecule has 1 aromatic rings. The van der Waals surface area contributed by atoms with E-state index in [1.54, 1.807) is 29.1 Å². The van der Waals surface area contributed by atoms with Crippen LogP contribution in [0.4, 0.5) is 4.39 Å². The van der Waals surface area contributed by atoms with Gasteiger partial charge in [-0.15, -0.1) is 11.3 Å². The molecular formula is C13H10ClFN4O2S. The predicted octanol–water partition coefficient (Wildman–Crippen LogP) is 1.64. The molecule has 3 rings (SSSR count).